The smallest absolute Gasteiger partial charge is 0.257 e. The van der Waals surface area contributed by atoms with Crippen LogP contribution in [0.1, 0.15) is 29.0 Å². The maximum atomic E-state index is 12.9. The van der Waals surface area contributed by atoms with Crippen LogP contribution in [0.2, 0.25) is 0 Å². The Balaban J connectivity index is 1.45. The van der Waals surface area contributed by atoms with Gasteiger partial charge in [-0.3, -0.25) is 4.79 Å². The largest absolute Gasteiger partial charge is 0.496 e. The summed E-state index contributed by atoms with van der Waals surface area (Å²) in [5.41, 5.74) is 0.618. The summed E-state index contributed by atoms with van der Waals surface area (Å²) in [7, 11) is 1.60. The summed E-state index contributed by atoms with van der Waals surface area (Å²) >= 11 is 0. The first kappa shape index (κ1) is 18.5. The van der Waals surface area contributed by atoms with Crippen molar-refractivity contribution in [2.24, 2.45) is 0 Å². The first-order valence-electron chi connectivity index (χ1n) is 9.93. The van der Waals surface area contributed by atoms with Crippen molar-refractivity contribution in [1.29, 1.82) is 0 Å². The van der Waals surface area contributed by atoms with Crippen LogP contribution in [0.5, 0.6) is 5.75 Å². The quantitative estimate of drug-likeness (QED) is 0.810. The van der Waals surface area contributed by atoms with E-state index in [4.69, 9.17) is 4.74 Å². The Morgan fingerprint density at radius 1 is 0.929 bits per heavy atom. The van der Waals surface area contributed by atoms with Crippen molar-refractivity contribution < 1.29 is 9.53 Å². The number of aromatic nitrogens is 2. The van der Waals surface area contributed by atoms with E-state index in [1.54, 1.807) is 7.11 Å². The number of benzene rings is 1. The second-order valence-electron chi connectivity index (χ2n) is 7.31. The second-order valence-corrected chi connectivity index (χ2v) is 7.31. The van der Waals surface area contributed by atoms with E-state index in [9.17, 15) is 4.79 Å². The van der Waals surface area contributed by atoms with Crippen LogP contribution in [0.25, 0.3) is 0 Å². The van der Waals surface area contributed by atoms with Crippen LogP contribution in [-0.2, 0) is 0 Å². The average Bonchev–Trinajstić information content (AvgIpc) is 3.28. The molecule has 0 unspecified atom stereocenters. The highest BCUT2D eigenvalue weighted by Crippen LogP contribution is 2.24. The first-order valence-corrected chi connectivity index (χ1v) is 9.93. The number of ether oxygens (including phenoxy) is 1. The molecule has 2 aromatic rings. The van der Waals surface area contributed by atoms with Gasteiger partial charge in [-0.15, -0.1) is 0 Å². The number of hydrogen-bond acceptors (Lipinski definition) is 6. The Morgan fingerprint density at radius 2 is 1.54 bits per heavy atom. The van der Waals surface area contributed by atoms with Gasteiger partial charge in [0.05, 0.1) is 12.7 Å². The molecular weight excluding hydrogens is 354 g/mol. The molecule has 3 heterocycles. The van der Waals surface area contributed by atoms with Crippen molar-refractivity contribution in [3.8, 4) is 5.75 Å². The highest BCUT2D eigenvalue weighted by atomic mass is 16.5. The van der Waals surface area contributed by atoms with Crippen LogP contribution in [0.3, 0.4) is 0 Å². The molecule has 2 saturated heterocycles. The lowest BCUT2D eigenvalue weighted by atomic mass is 10.1. The molecule has 0 N–H and O–H groups in total. The fourth-order valence-corrected chi connectivity index (χ4v) is 3.94. The van der Waals surface area contributed by atoms with Crippen LogP contribution >= 0.6 is 0 Å². The number of rotatable bonds is 4. The van der Waals surface area contributed by atoms with Gasteiger partial charge in [0.2, 0.25) is 0 Å². The Morgan fingerprint density at radius 3 is 2.18 bits per heavy atom. The van der Waals surface area contributed by atoms with E-state index in [0.717, 1.165) is 43.6 Å². The van der Waals surface area contributed by atoms with Gasteiger partial charge >= 0.3 is 0 Å². The normalized spacial score (nSPS) is 17.1. The van der Waals surface area contributed by atoms with E-state index >= 15 is 0 Å². The number of para-hydroxylation sites is 1. The molecule has 2 aliphatic rings. The minimum atomic E-state index is 0.0220. The SMILES string of the molecule is COc1ccccc1C(=O)N1CCN(c2cc(N3CCCC3)nc(C)n2)CC1. The van der Waals surface area contributed by atoms with Gasteiger partial charge in [0.15, 0.2) is 0 Å². The van der Waals surface area contributed by atoms with Gasteiger partial charge in [-0.25, -0.2) is 9.97 Å². The van der Waals surface area contributed by atoms with E-state index < -0.39 is 0 Å². The second kappa shape index (κ2) is 8.04. The van der Waals surface area contributed by atoms with Crippen molar-refractivity contribution in [3.05, 3.63) is 41.7 Å². The molecule has 1 amide bonds. The van der Waals surface area contributed by atoms with Gasteiger partial charge in [0.1, 0.15) is 23.2 Å². The zero-order valence-corrected chi connectivity index (χ0v) is 16.6. The third kappa shape index (κ3) is 3.74. The molecule has 0 spiro atoms. The molecule has 0 saturated carbocycles. The molecule has 0 bridgehead atoms. The molecule has 0 radical (unpaired) electrons. The molecule has 28 heavy (non-hydrogen) atoms. The van der Waals surface area contributed by atoms with Crippen molar-refractivity contribution >= 4 is 17.5 Å². The lowest BCUT2D eigenvalue weighted by Gasteiger charge is -2.36. The average molecular weight is 381 g/mol. The van der Waals surface area contributed by atoms with Gasteiger partial charge in [0.25, 0.3) is 5.91 Å². The van der Waals surface area contributed by atoms with Gasteiger partial charge < -0.3 is 19.4 Å². The summed E-state index contributed by atoms with van der Waals surface area (Å²) in [6, 6.07) is 9.49. The predicted octanol–water partition coefficient (Wildman–Crippen LogP) is 2.36. The van der Waals surface area contributed by atoms with E-state index in [2.05, 4.69) is 25.8 Å². The van der Waals surface area contributed by atoms with E-state index in [1.165, 1.54) is 12.8 Å². The number of carbonyl (C=O) groups excluding carboxylic acids is 1. The molecule has 1 aromatic carbocycles. The predicted molar refractivity (Wildman–Crippen MR) is 109 cm³/mol. The van der Waals surface area contributed by atoms with Crippen LogP contribution in [0, 0.1) is 6.92 Å². The molecule has 7 nitrogen and oxygen atoms in total. The molecule has 7 heteroatoms. The maximum absolute atomic E-state index is 12.9. The third-order valence-corrected chi connectivity index (χ3v) is 5.47. The van der Waals surface area contributed by atoms with E-state index in [-0.39, 0.29) is 5.91 Å². The Labute approximate surface area is 165 Å². The van der Waals surface area contributed by atoms with Crippen molar-refractivity contribution in [3.63, 3.8) is 0 Å². The lowest BCUT2D eigenvalue weighted by Crippen LogP contribution is -2.49. The number of carbonyl (C=O) groups is 1. The topological polar surface area (TPSA) is 61.8 Å². The summed E-state index contributed by atoms with van der Waals surface area (Å²) in [4.78, 5) is 28.6. The number of piperazine rings is 1. The molecular formula is C21H27N5O2. The standard InChI is InChI=1S/C21H27N5O2/c1-16-22-19(24-9-5-6-10-24)15-20(23-16)25-11-13-26(14-12-25)21(27)17-7-3-4-8-18(17)28-2/h3-4,7-8,15H,5-6,9-14H2,1-2H3. The number of aryl methyl sites for hydroxylation is 1. The maximum Gasteiger partial charge on any atom is 0.257 e. The fourth-order valence-electron chi connectivity index (χ4n) is 3.94. The minimum Gasteiger partial charge on any atom is -0.496 e. The molecule has 2 aliphatic heterocycles. The summed E-state index contributed by atoms with van der Waals surface area (Å²) in [6.45, 7) is 6.93. The van der Waals surface area contributed by atoms with E-state index in [1.807, 2.05) is 36.1 Å². The van der Waals surface area contributed by atoms with Crippen molar-refractivity contribution in [2.45, 2.75) is 19.8 Å². The zero-order valence-electron chi connectivity index (χ0n) is 16.6. The zero-order chi connectivity index (χ0) is 19.5. The molecule has 2 fully saturated rings. The summed E-state index contributed by atoms with van der Waals surface area (Å²) in [5.74, 6) is 3.42. The molecule has 0 aliphatic carbocycles. The number of hydrogen-bond donors (Lipinski definition) is 0. The van der Waals surface area contributed by atoms with E-state index in [0.29, 0.717) is 24.4 Å². The Bertz CT molecular complexity index is 842. The highest BCUT2D eigenvalue weighted by Gasteiger charge is 2.25. The monoisotopic (exact) mass is 381 g/mol. The van der Waals surface area contributed by atoms with Gasteiger partial charge in [-0.05, 0) is 31.9 Å². The van der Waals surface area contributed by atoms with Crippen molar-refractivity contribution in [2.75, 3.05) is 56.2 Å². The summed E-state index contributed by atoms with van der Waals surface area (Å²) in [6.07, 6.45) is 2.45. The van der Waals surface area contributed by atoms with Crippen molar-refractivity contribution in [1.82, 2.24) is 14.9 Å². The van der Waals surface area contributed by atoms with Crippen LogP contribution < -0.4 is 14.5 Å². The highest BCUT2D eigenvalue weighted by molar-refractivity contribution is 5.97. The van der Waals surface area contributed by atoms with Gasteiger partial charge in [-0.1, -0.05) is 12.1 Å². The minimum absolute atomic E-state index is 0.0220. The van der Waals surface area contributed by atoms with Crippen LogP contribution in [-0.4, -0.2) is 67.2 Å². The number of anilines is 2. The Hall–Kier alpha value is -2.83. The van der Waals surface area contributed by atoms with Crippen LogP contribution in [0.4, 0.5) is 11.6 Å². The fraction of sp³-hybridized carbons (Fsp3) is 0.476. The number of amides is 1. The molecule has 4 rings (SSSR count). The lowest BCUT2D eigenvalue weighted by molar-refractivity contribution is 0.0743. The van der Waals surface area contributed by atoms with Crippen LogP contribution in [0.15, 0.2) is 30.3 Å². The molecule has 0 atom stereocenters. The first-order chi connectivity index (χ1) is 13.7. The molecule has 148 valence electrons. The number of nitrogens with zero attached hydrogens (tertiary/aromatic N) is 5. The Kier molecular flexibility index (Phi) is 5.32. The number of methoxy groups -OCH3 is 1. The van der Waals surface area contributed by atoms with Gasteiger partial charge in [-0.2, -0.15) is 0 Å². The molecule has 1 aromatic heterocycles. The van der Waals surface area contributed by atoms with Gasteiger partial charge in [0, 0.05) is 45.3 Å². The third-order valence-electron chi connectivity index (χ3n) is 5.47. The summed E-state index contributed by atoms with van der Waals surface area (Å²) < 4.78 is 5.34. The summed E-state index contributed by atoms with van der Waals surface area (Å²) in [5, 5.41) is 0.